The minimum atomic E-state index is -4.50. The van der Waals surface area contributed by atoms with E-state index in [0.717, 1.165) is 12.1 Å². The van der Waals surface area contributed by atoms with Crippen molar-refractivity contribution in [3.63, 3.8) is 0 Å². The SMILES string of the molecule is CC(C)(C)OC(=O)CCCCc1nc2cc(C=O)ccc2c(=O)n1-c1ccc(C(F)(F)F)cc1. The van der Waals surface area contributed by atoms with Gasteiger partial charge in [0, 0.05) is 18.4 Å². The standard InChI is InChI=1S/C25H25F3N2O4/c1-24(2,3)34-22(32)7-5-4-6-21-29-20-14-16(15-31)8-13-19(20)23(33)30(21)18-11-9-17(10-12-18)25(26,27)28/h8-15H,4-7H2,1-3H3. The van der Waals surface area contributed by atoms with E-state index < -0.39 is 22.9 Å². The lowest BCUT2D eigenvalue weighted by Crippen LogP contribution is -2.24. The van der Waals surface area contributed by atoms with Crippen LogP contribution in [0.1, 0.15) is 61.8 Å². The molecule has 1 heterocycles. The minimum absolute atomic E-state index is 0.185. The maximum atomic E-state index is 13.3. The van der Waals surface area contributed by atoms with Gasteiger partial charge in [0.25, 0.3) is 5.56 Å². The average molecular weight is 474 g/mol. The fraction of sp³-hybridized carbons (Fsp3) is 0.360. The first-order valence-electron chi connectivity index (χ1n) is 10.8. The van der Waals surface area contributed by atoms with Gasteiger partial charge in [-0.1, -0.05) is 6.07 Å². The number of rotatable bonds is 7. The summed E-state index contributed by atoms with van der Waals surface area (Å²) in [5, 5.41) is 0.239. The molecule has 9 heteroatoms. The Bertz CT molecular complexity index is 1260. The maximum absolute atomic E-state index is 13.3. The molecule has 0 N–H and O–H groups in total. The number of esters is 1. The first kappa shape index (κ1) is 25.1. The van der Waals surface area contributed by atoms with Gasteiger partial charge in [0.15, 0.2) is 0 Å². The van der Waals surface area contributed by atoms with Crippen LogP contribution in [0.3, 0.4) is 0 Å². The first-order chi connectivity index (χ1) is 15.9. The summed E-state index contributed by atoms with van der Waals surface area (Å²) in [4.78, 5) is 40.9. The Labute approximate surface area is 194 Å². The third-order valence-electron chi connectivity index (χ3n) is 5.00. The van der Waals surface area contributed by atoms with Crippen LogP contribution >= 0.6 is 0 Å². The van der Waals surface area contributed by atoms with Crippen molar-refractivity contribution in [2.45, 2.75) is 58.2 Å². The molecule has 0 aliphatic heterocycles. The summed E-state index contributed by atoms with van der Waals surface area (Å²) in [6.07, 6.45) is -2.41. The van der Waals surface area contributed by atoms with E-state index in [1.807, 2.05) is 0 Å². The van der Waals surface area contributed by atoms with Crippen molar-refractivity contribution in [2.24, 2.45) is 0 Å². The third-order valence-corrected chi connectivity index (χ3v) is 5.00. The molecular weight excluding hydrogens is 449 g/mol. The molecule has 34 heavy (non-hydrogen) atoms. The van der Waals surface area contributed by atoms with Crippen LogP contribution in [0.5, 0.6) is 0 Å². The number of nitrogens with zero attached hydrogens (tertiary/aromatic N) is 2. The summed E-state index contributed by atoms with van der Waals surface area (Å²) in [6.45, 7) is 5.33. The molecule has 0 radical (unpaired) electrons. The van der Waals surface area contributed by atoms with Crippen molar-refractivity contribution < 1.29 is 27.5 Å². The summed E-state index contributed by atoms with van der Waals surface area (Å²) in [6, 6.07) is 8.72. The maximum Gasteiger partial charge on any atom is 0.416 e. The van der Waals surface area contributed by atoms with E-state index in [1.54, 1.807) is 20.8 Å². The van der Waals surface area contributed by atoms with Crippen LogP contribution in [-0.2, 0) is 22.1 Å². The Balaban J connectivity index is 1.95. The summed E-state index contributed by atoms with van der Waals surface area (Å²) in [5.74, 6) is -0.0146. The molecule has 1 aromatic heterocycles. The zero-order valence-corrected chi connectivity index (χ0v) is 19.1. The van der Waals surface area contributed by atoms with Crippen LogP contribution in [0.25, 0.3) is 16.6 Å². The molecule has 0 unspecified atom stereocenters. The predicted octanol–water partition coefficient (Wildman–Crippen LogP) is 5.27. The number of hydrogen-bond donors (Lipinski definition) is 0. The predicted molar refractivity (Wildman–Crippen MR) is 121 cm³/mol. The molecule has 3 rings (SSSR count). The quantitative estimate of drug-likeness (QED) is 0.265. The summed E-state index contributed by atoms with van der Waals surface area (Å²) in [7, 11) is 0. The van der Waals surface area contributed by atoms with Crippen molar-refractivity contribution in [1.82, 2.24) is 9.55 Å². The second kappa shape index (κ2) is 9.79. The van der Waals surface area contributed by atoms with Gasteiger partial charge in [-0.05, 0) is 70.0 Å². The summed E-state index contributed by atoms with van der Waals surface area (Å²) in [5.41, 5.74) is -0.954. The fourth-order valence-corrected chi connectivity index (χ4v) is 3.50. The molecule has 3 aromatic rings. The van der Waals surface area contributed by atoms with Crippen LogP contribution < -0.4 is 5.56 Å². The van der Waals surface area contributed by atoms with Gasteiger partial charge in [-0.2, -0.15) is 13.2 Å². The molecule has 0 bridgehead atoms. The van der Waals surface area contributed by atoms with Crippen LogP contribution in [0, 0.1) is 0 Å². The number of ether oxygens (including phenoxy) is 1. The minimum Gasteiger partial charge on any atom is -0.460 e. The number of carbonyl (C=O) groups excluding carboxylic acids is 2. The lowest BCUT2D eigenvalue weighted by molar-refractivity contribution is -0.155. The summed E-state index contributed by atoms with van der Waals surface area (Å²) < 4.78 is 45.5. The lowest BCUT2D eigenvalue weighted by Gasteiger charge is -2.19. The van der Waals surface area contributed by atoms with Gasteiger partial charge >= 0.3 is 12.1 Å². The zero-order chi connectivity index (χ0) is 25.1. The van der Waals surface area contributed by atoms with E-state index in [4.69, 9.17) is 4.74 Å². The van der Waals surface area contributed by atoms with Crippen LogP contribution in [0.15, 0.2) is 47.3 Å². The van der Waals surface area contributed by atoms with Crippen molar-refractivity contribution in [3.05, 3.63) is 69.8 Å². The zero-order valence-electron chi connectivity index (χ0n) is 19.1. The number of alkyl halides is 3. The number of benzene rings is 2. The van der Waals surface area contributed by atoms with E-state index in [9.17, 15) is 27.6 Å². The number of hydrogen-bond acceptors (Lipinski definition) is 5. The van der Waals surface area contributed by atoms with Crippen LogP contribution in [-0.4, -0.2) is 27.4 Å². The largest absolute Gasteiger partial charge is 0.460 e. The van der Waals surface area contributed by atoms with E-state index in [1.165, 1.54) is 34.9 Å². The Hall–Kier alpha value is -3.49. The Morgan fingerprint density at radius 2 is 1.74 bits per heavy atom. The lowest BCUT2D eigenvalue weighted by atomic mass is 10.1. The topological polar surface area (TPSA) is 78.3 Å². The average Bonchev–Trinajstić information content (AvgIpc) is 2.75. The molecule has 2 aromatic carbocycles. The third kappa shape index (κ3) is 6.09. The van der Waals surface area contributed by atoms with Gasteiger partial charge < -0.3 is 4.74 Å². The van der Waals surface area contributed by atoms with Crippen LogP contribution in [0.4, 0.5) is 13.2 Å². The van der Waals surface area contributed by atoms with Crippen molar-refractivity contribution >= 4 is 23.2 Å². The van der Waals surface area contributed by atoms with Crippen molar-refractivity contribution in [1.29, 1.82) is 0 Å². The van der Waals surface area contributed by atoms with Crippen molar-refractivity contribution in [3.8, 4) is 5.69 Å². The number of fused-ring (bicyclic) bond motifs is 1. The number of aryl methyl sites for hydroxylation is 1. The molecule has 0 amide bonds. The molecule has 0 saturated carbocycles. The first-order valence-corrected chi connectivity index (χ1v) is 10.8. The van der Waals surface area contributed by atoms with Crippen LogP contribution in [0.2, 0.25) is 0 Å². The van der Waals surface area contributed by atoms with E-state index >= 15 is 0 Å². The number of unbranched alkanes of at least 4 members (excludes halogenated alkanes) is 1. The molecule has 0 aliphatic carbocycles. The molecule has 0 saturated heterocycles. The Kier molecular flexibility index (Phi) is 7.24. The smallest absolute Gasteiger partial charge is 0.416 e. The Morgan fingerprint density at radius 3 is 2.32 bits per heavy atom. The van der Waals surface area contributed by atoms with E-state index in [0.29, 0.717) is 42.5 Å². The highest BCUT2D eigenvalue weighted by atomic mass is 19.4. The highest BCUT2D eigenvalue weighted by Crippen LogP contribution is 2.29. The molecule has 0 fully saturated rings. The number of aldehydes is 1. The van der Waals surface area contributed by atoms with E-state index in [-0.39, 0.29) is 23.5 Å². The molecule has 0 atom stereocenters. The van der Waals surface area contributed by atoms with Gasteiger partial charge in [0.2, 0.25) is 0 Å². The van der Waals surface area contributed by atoms with E-state index in [2.05, 4.69) is 4.98 Å². The highest BCUT2D eigenvalue weighted by molar-refractivity contribution is 5.86. The summed E-state index contributed by atoms with van der Waals surface area (Å²) >= 11 is 0. The Morgan fingerprint density at radius 1 is 1.06 bits per heavy atom. The van der Waals surface area contributed by atoms with Gasteiger partial charge in [-0.3, -0.25) is 19.0 Å². The second-order valence-electron chi connectivity index (χ2n) is 8.90. The van der Waals surface area contributed by atoms with Gasteiger partial charge in [0.05, 0.1) is 22.2 Å². The molecule has 6 nitrogen and oxygen atoms in total. The normalized spacial score (nSPS) is 12.1. The monoisotopic (exact) mass is 474 g/mol. The van der Waals surface area contributed by atoms with Gasteiger partial charge in [0.1, 0.15) is 17.7 Å². The molecular formula is C25H25F3N2O4. The molecule has 0 spiro atoms. The fourth-order valence-electron chi connectivity index (χ4n) is 3.50. The number of carbonyl (C=O) groups is 2. The number of halogens is 3. The highest BCUT2D eigenvalue weighted by Gasteiger charge is 2.30. The molecule has 0 aliphatic rings. The second-order valence-corrected chi connectivity index (χ2v) is 8.90. The van der Waals surface area contributed by atoms with Gasteiger partial charge in [-0.15, -0.1) is 0 Å². The van der Waals surface area contributed by atoms with Crippen molar-refractivity contribution in [2.75, 3.05) is 0 Å². The van der Waals surface area contributed by atoms with Gasteiger partial charge in [-0.25, -0.2) is 4.98 Å². The molecule has 180 valence electrons. The number of aromatic nitrogens is 2.